The summed E-state index contributed by atoms with van der Waals surface area (Å²) in [6.07, 6.45) is 6.07. The quantitative estimate of drug-likeness (QED) is 0.866. The second kappa shape index (κ2) is 4.67. The lowest BCUT2D eigenvalue weighted by molar-refractivity contribution is 0.0637. The van der Waals surface area contributed by atoms with Gasteiger partial charge in [-0.05, 0) is 31.1 Å². The van der Waals surface area contributed by atoms with Crippen LogP contribution in [0.15, 0.2) is 16.7 Å². The first-order valence-corrected chi connectivity index (χ1v) is 7.52. The van der Waals surface area contributed by atoms with Crippen LogP contribution in [0.25, 0.3) is 0 Å². The van der Waals surface area contributed by atoms with Gasteiger partial charge < -0.3 is 14.8 Å². The Morgan fingerprint density at radius 3 is 3.35 bits per heavy atom. The summed E-state index contributed by atoms with van der Waals surface area (Å²) in [7, 11) is 0. The van der Waals surface area contributed by atoms with E-state index < -0.39 is 5.60 Å². The predicted octanol–water partition coefficient (Wildman–Crippen LogP) is 2.11. The number of aliphatic hydroxyl groups is 1. The first-order valence-electron chi connectivity index (χ1n) is 6.37. The molecular formula is C13H19NO2S. The average molecular weight is 253 g/mol. The fourth-order valence-electron chi connectivity index (χ4n) is 2.75. The van der Waals surface area contributed by atoms with Gasteiger partial charge in [-0.1, -0.05) is 0 Å². The molecule has 2 N–H and O–H groups in total. The summed E-state index contributed by atoms with van der Waals surface area (Å²) in [5.41, 5.74) is 0.803. The smallest absolute Gasteiger partial charge is 0.108 e. The first kappa shape index (κ1) is 11.6. The van der Waals surface area contributed by atoms with Crippen molar-refractivity contribution in [3.05, 3.63) is 23.7 Å². The SMILES string of the molecule is O[C@]1(CN[C@@H]2CCCc3occc32)CCSC1. The summed E-state index contributed by atoms with van der Waals surface area (Å²) in [6.45, 7) is 0.704. The van der Waals surface area contributed by atoms with Crippen molar-refractivity contribution in [3.8, 4) is 0 Å². The van der Waals surface area contributed by atoms with Crippen molar-refractivity contribution in [3.63, 3.8) is 0 Å². The molecule has 0 radical (unpaired) electrons. The maximum atomic E-state index is 10.3. The lowest BCUT2D eigenvalue weighted by atomic mass is 9.92. The minimum Gasteiger partial charge on any atom is -0.469 e. The average Bonchev–Trinajstić information content (AvgIpc) is 2.95. The third-order valence-corrected chi connectivity index (χ3v) is 5.05. The van der Waals surface area contributed by atoms with Gasteiger partial charge in [0, 0.05) is 30.3 Å². The molecule has 17 heavy (non-hydrogen) atoms. The number of hydrogen-bond acceptors (Lipinski definition) is 4. The number of aryl methyl sites for hydroxylation is 1. The Morgan fingerprint density at radius 2 is 2.53 bits per heavy atom. The molecule has 3 nitrogen and oxygen atoms in total. The summed E-state index contributed by atoms with van der Waals surface area (Å²) in [5.74, 6) is 3.08. The van der Waals surface area contributed by atoms with Crippen LogP contribution >= 0.6 is 11.8 Å². The number of hydrogen-bond donors (Lipinski definition) is 2. The Balaban J connectivity index is 1.63. The molecule has 1 aliphatic carbocycles. The van der Waals surface area contributed by atoms with Gasteiger partial charge in [-0.25, -0.2) is 0 Å². The van der Waals surface area contributed by atoms with Crippen molar-refractivity contribution in [2.75, 3.05) is 18.1 Å². The largest absolute Gasteiger partial charge is 0.469 e. The summed E-state index contributed by atoms with van der Waals surface area (Å²) in [6, 6.07) is 2.44. The Bertz CT molecular complexity index is 385. The van der Waals surface area contributed by atoms with Crippen LogP contribution < -0.4 is 5.32 Å². The summed E-state index contributed by atoms with van der Waals surface area (Å²) < 4.78 is 5.48. The summed E-state index contributed by atoms with van der Waals surface area (Å²) in [5, 5.41) is 13.8. The fourth-order valence-corrected chi connectivity index (χ4v) is 4.04. The second-order valence-electron chi connectivity index (χ2n) is 5.15. The highest BCUT2D eigenvalue weighted by atomic mass is 32.2. The molecule has 4 heteroatoms. The van der Waals surface area contributed by atoms with Crippen LogP contribution in [0.4, 0.5) is 0 Å². The number of fused-ring (bicyclic) bond motifs is 1. The highest BCUT2D eigenvalue weighted by Crippen LogP contribution is 2.32. The molecule has 2 heterocycles. The molecule has 0 bridgehead atoms. The first-order chi connectivity index (χ1) is 8.27. The van der Waals surface area contributed by atoms with Crippen molar-refractivity contribution < 1.29 is 9.52 Å². The number of rotatable bonds is 3. The zero-order valence-electron chi connectivity index (χ0n) is 9.95. The van der Waals surface area contributed by atoms with Gasteiger partial charge in [0.25, 0.3) is 0 Å². The maximum Gasteiger partial charge on any atom is 0.108 e. The number of thioether (sulfide) groups is 1. The zero-order valence-corrected chi connectivity index (χ0v) is 10.8. The molecule has 2 atom stereocenters. The third-order valence-electron chi connectivity index (χ3n) is 3.81. The molecule has 1 aliphatic heterocycles. The van der Waals surface area contributed by atoms with Gasteiger partial charge >= 0.3 is 0 Å². The van der Waals surface area contributed by atoms with Crippen LogP contribution in [0.3, 0.4) is 0 Å². The van der Waals surface area contributed by atoms with Gasteiger partial charge in [-0.15, -0.1) is 0 Å². The van der Waals surface area contributed by atoms with Crippen molar-refractivity contribution in [2.45, 2.75) is 37.3 Å². The summed E-state index contributed by atoms with van der Waals surface area (Å²) in [4.78, 5) is 0. The monoisotopic (exact) mass is 253 g/mol. The molecular weight excluding hydrogens is 234 g/mol. The zero-order chi connectivity index (χ0) is 11.7. The van der Waals surface area contributed by atoms with E-state index in [1.807, 2.05) is 11.8 Å². The third kappa shape index (κ3) is 2.39. The Labute approximate surface area is 106 Å². The van der Waals surface area contributed by atoms with Gasteiger partial charge in [0.1, 0.15) is 5.76 Å². The lowest BCUT2D eigenvalue weighted by Gasteiger charge is -2.28. The fraction of sp³-hybridized carbons (Fsp3) is 0.692. The Morgan fingerprint density at radius 1 is 1.59 bits per heavy atom. The van der Waals surface area contributed by atoms with E-state index in [4.69, 9.17) is 4.42 Å². The molecule has 1 saturated heterocycles. The van der Waals surface area contributed by atoms with Crippen molar-refractivity contribution >= 4 is 11.8 Å². The molecule has 2 aliphatic rings. The molecule has 3 rings (SSSR count). The van der Waals surface area contributed by atoms with Crippen molar-refractivity contribution in [1.29, 1.82) is 0 Å². The van der Waals surface area contributed by atoms with E-state index in [2.05, 4.69) is 11.4 Å². The van der Waals surface area contributed by atoms with Gasteiger partial charge in [-0.2, -0.15) is 11.8 Å². The van der Waals surface area contributed by atoms with E-state index in [0.29, 0.717) is 12.6 Å². The lowest BCUT2D eigenvalue weighted by Crippen LogP contribution is -2.42. The maximum absolute atomic E-state index is 10.3. The Hall–Kier alpha value is -0.450. The van der Waals surface area contributed by atoms with Gasteiger partial charge in [0.2, 0.25) is 0 Å². The minimum atomic E-state index is -0.494. The van der Waals surface area contributed by atoms with Crippen LogP contribution in [0.1, 0.15) is 36.6 Å². The normalized spacial score (nSPS) is 32.6. The Kier molecular flexibility index (Phi) is 3.19. The molecule has 0 unspecified atom stereocenters. The highest BCUT2D eigenvalue weighted by Gasteiger charge is 2.33. The number of furan rings is 1. The van der Waals surface area contributed by atoms with Crippen LogP contribution in [0.5, 0.6) is 0 Å². The van der Waals surface area contributed by atoms with Crippen molar-refractivity contribution in [2.24, 2.45) is 0 Å². The topological polar surface area (TPSA) is 45.4 Å². The highest BCUT2D eigenvalue weighted by molar-refractivity contribution is 7.99. The van der Waals surface area contributed by atoms with E-state index >= 15 is 0 Å². The molecule has 1 aromatic rings. The molecule has 1 fully saturated rings. The molecule has 0 spiro atoms. The molecule has 0 amide bonds. The summed E-state index contributed by atoms with van der Waals surface area (Å²) >= 11 is 1.85. The van der Waals surface area contributed by atoms with Gasteiger partial charge in [0.05, 0.1) is 11.9 Å². The van der Waals surface area contributed by atoms with Crippen LogP contribution in [0, 0.1) is 0 Å². The van der Waals surface area contributed by atoms with E-state index in [9.17, 15) is 5.11 Å². The molecule has 0 aromatic carbocycles. The second-order valence-corrected chi connectivity index (χ2v) is 6.26. The van der Waals surface area contributed by atoms with Gasteiger partial charge in [-0.3, -0.25) is 0 Å². The van der Waals surface area contributed by atoms with E-state index in [1.54, 1.807) is 6.26 Å². The van der Waals surface area contributed by atoms with Crippen LogP contribution in [-0.2, 0) is 6.42 Å². The number of nitrogens with one attached hydrogen (secondary N) is 1. The minimum absolute atomic E-state index is 0.368. The van der Waals surface area contributed by atoms with E-state index in [1.165, 1.54) is 12.0 Å². The van der Waals surface area contributed by atoms with Crippen LogP contribution in [-0.4, -0.2) is 28.8 Å². The van der Waals surface area contributed by atoms with Crippen LogP contribution in [0.2, 0.25) is 0 Å². The van der Waals surface area contributed by atoms with Crippen molar-refractivity contribution in [1.82, 2.24) is 5.32 Å². The molecule has 94 valence electrons. The predicted molar refractivity (Wildman–Crippen MR) is 69.3 cm³/mol. The van der Waals surface area contributed by atoms with Gasteiger partial charge in [0.15, 0.2) is 0 Å². The molecule has 1 aromatic heterocycles. The van der Waals surface area contributed by atoms with E-state index in [0.717, 1.165) is 36.5 Å². The molecule has 0 saturated carbocycles. The standard InChI is InChI=1S/C13H19NO2S/c15-13(5-7-17-9-13)8-14-11-2-1-3-12-10(11)4-6-16-12/h4,6,11,14-15H,1-3,5,7-9H2/t11-,13+/m1/s1. The van der Waals surface area contributed by atoms with E-state index in [-0.39, 0.29) is 0 Å².